The van der Waals surface area contributed by atoms with Crippen molar-refractivity contribution in [1.29, 1.82) is 0 Å². The molecule has 0 spiro atoms. The molecule has 1 unspecified atom stereocenters. The number of nitrogens with one attached hydrogen (secondary N) is 2. The minimum Gasteiger partial charge on any atom is -0.469 e. The van der Waals surface area contributed by atoms with Crippen molar-refractivity contribution in [2.24, 2.45) is 4.99 Å². The van der Waals surface area contributed by atoms with Gasteiger partial charge < -0.3 is 19.5 Å². The van der Waals surface area contributed by atoms with Crippen molar-refractivity contribution in [2.45, 2.75) is 39.7 Å². The van der Waals surface area contributed by atoms with Gasteiger partial charge in [0.15, 0.2) is 5.96 Å². The predicted molar refractivity (Wildman–Crippen MR) is 103 cm³/mol. The van der Waals surface area contributed by atoms with E-state index >= 15 is 0 Å². The summed E-state index contributed by atoms with van der Waals surface area (Å²) in [5, 5.41) is 6.71. The molecule has 0 aromatic carbocycles. The molecule has 1 atom stereocenters. The molecule has 0 amide bonds. The van der Waals surface area contributed by atoms with Gasteiger partial charge in [0.05, 0.1) is 12.3 Å². The monoisotopic (exact) mass is 431 g/mol. The van der Waals surface area contributed by atoms with E-state index in [0.717, 1.165) is 49.2 Å². The Bertz CT molecular complexity index is 578. The molecule has 128 valence electrons. The van der Waals surface area contributed by atoms with E-state index in [2.05, 4.69) is 29.5 Å². The second kappa shape index (κ2) is 10.4. The quantitative estimate of drug-likeness (QED) is 0.395. The van der Waals surface area contributed by atoms with Crippen LogP contribution in [-0.2, 0) is 6.42 Å². The molecule has 0 aliphatic heterocycles. The van der Waals surface area contributed by atoms with Gasteiger partial charge in [-0.2, -0.15) is 0 Å². The first-order valence-corrected chi connectivity index (χ1v) is 7.82. The molecule has 2 heterocycles. The highest BCUT2D eigenvalue weighted by Gasteiger charge is 2.11. The minimum atomic E-state index is 0. The molecule has 0 fully saturated rings. The first kappa shape index (κ1) is 19.6. The molecule has 0 aliphatic carbocycles. The summed E-state index contributed by atoms with van der Waals surface area (Å²) in [7, 11) is 0. The maximum atomic E-state index is 5.65. The summed E-state index contributed by atoms with van der Waals surface area (Å²) in [6.45, 7) is 7.69. The van der Waals surface area contributed by atoms with Crippen LogP contribution in [0.4, 0.5) is 0 Å². The van der Waals surface area contributed by atoms with Crippen LogP contribution in [0.15, 0.2) is 44.4 Å². The highest BCUT2D eigenvalue weighted by molar-refractivity contribution is 14.0. The Balaban J connectivity index is 0.00000264. The lowest BCUT2D eigenvalue weighted by molar-refractivity contribution is 0.440. The molecular weight excluding hydrogens is 405 g/mol. The summed E-state index contributed by atoms with van der Waals surface area (Å²) < 4.78 is 11.0. The van der Waals surface area contributed by atoms with Gasteiger partial charge >= 0.3 is 0 Å². The third-order valence-electron chi connectivity index (χ3n) is 3.28. The van der Waals surface area contributed by atoms with Gasteiger partial charge in [0.2, 0.25) is 0 Å². The normalized spacial score (nSPS) is 12.6. The van der Waals surface area contributed by atoms with E-state index in [1.165, 1.54) is 0 Å². The SMILES string of the molecule is CCCN=C(NCCc1ccco1)NC(C)c1ccc(C)o1.I. The van der Waals surface area contributed by atoms with E-state index in [9.17, 15) is 0 Å². The molecule has 6 heteroatoms. The largest absolute Gasteiger partial charge is 0.469 e. The number of rotatable bonds is 7. The van der Waals surface area contributed by atoms with Crippen molar-refractivity contribution in [2.75, 3.05) is 13.1 Å². The van der Waals surface area contributed by atoms with Gasteiger partial charge in [-0.15, -0.1) is 24.0 Å². The summed E-state index contributed by atoms with van der Waals surface area (Å²) in [5.41, 5.74) is 0. The molecule has 0 aliphatic rings. The summed E-state index contributed by atoms with van der Waals surface area (Å²) in [4.78, 5) is 4.56. The number of aryl methyl sites for hydroxylation is 1. The summed E-state index contributed by atoms with van der Waals surface area (Å²) in [6.07, 6.45) is 3.54. The Kier molecular flexibility index (Phi) is 8.83. The van der Waals surface area contributed by atoms with Gasteiger partial charge in [0.1, 0.15) is 17.3 Å². The predicted octanol–water partition coefficient (Wildman–Crippen LogP) is 4.05. The van der Waals surface area contributed by atoms with Crippen LogP contribution in [0.1, 0.15) is 43.6 Å². The number of halogens is 1. The van der Waals surface area contributed by atoms with Crippen LogP contribution in [0.2, 0.25) is 0 Å². The lowest BCUT2D eigenvalue weighted by atomic mass is 10.2. The molecule has 2 aromatic heterocycles. The number of guanidine groups is 1. The highest BCUT2D eigenvalue weighted by atomic mass is 127. The third kappa shape index (κ3) is 6.68. The van der Waals surface area contributed by atoms with Crippen LogP contribution >= 0.6 is 24.0 Å². The van der Waals surface area contributed by atoms with Crippen LogP contribution in [0.25, 0.3) is 0 Å². The summed E-state index contributed by atoms with van der Waals surface area (Å²) in [6, 6.07) is 7.92. The van der Waals surface area contributed by atoms with Crippen molar-refractivity contribution >= 4 is 29.9 Å². The van der Waals surface area contributed by atoms with Gasteiger partial charge in [0.25, 0.3) is 0 Å². The third-order valence-corrected chi connectivity index (χ3v) is 3.28. The maximum absolute atomic E-state index is 5.65. The zero-order valence-corrected chi connectivity index (χ0v) is 16.3. The number of hydrogen-bond donors (Lipinski definition) is 2. The maximum Gasteiger partial charge on any atom is 0.191 e. The number of hydrogen-bond acceptors (Lipinski definition) is 3. The van der Waals surface area contributed by atoms with E-state index in [1.54, 1.807) is 6.26 Å². The van der Waals surface area contributed by atoms with Crippen LogP contribution in [0.5, 0.6) is 0 Å². The summed E-state index contributed by atoms with van der Waals surface area (Å²) in [5.74, 6) is 3.60. The first-order chi connectivity index (χ1) is 10.7. The average molecular weight is 431 g/mol. The standard InChI is InChI=1S/C17H25N3O2.HI/c1-4-10-18-17(19-11-9-15-6-5-12-21-15)20-14(3)16-8-7-13(2)22-16;/h5-8,12,14H,4,9-11H2,1-3H3,(H2,18,19,20);1H. The van der Waals surface area contributed by atoms with Crippen LogP contribution in [0.3, 0.4) is 0 Å². The molecule has 23 heavy (non-hydrogen) atoms. The van der Waals surface area contributed by atoms with Gasteiger partial charge in [-0.3, -0.25) is 4.99 Å². The molecule has 0 radical (unpaired) electrons. The Morgan fingerprint density at radius 3 is 2.74 bits per heavy atom. The van der Waals surface area contributed by atoms with Crippen molar-refractivity contribution in [3.8, 4) is 0 Å². The Labute approximate surface area is 155 Å². The van der Waals surface area contributed by atoms with Gasteiger partial charge in [-0.25, -0.2) is 0 Å². The minimum absolute atomic E-state index is 0. The van der Waals surface area contributed by atoms with Crippen molar-refractivity contribution in [3.05, 3.63) is 47.8 Å². The lowest BCUT2D eigenvalue weighted by Gasteiger charge is -2.16. The Morgan fingerprint density at radius 1 is 1.30 bits per heavy atom. The number of nitrogens with zero attached hydrogens (tertiary/aromatic N) is 1. The number of furan rings is 2. The van der Waals surface area contributed by atoms with Gasteiger partial charge in [0, 0.05) is 19.5 Å². The zero-order valence-electron chi connectivity index (χ0n) is 14.0. The van der Waals surface area contributed by atoms with Gasteiger partial charge in [-0.1, -0.05) is 6.92 Å². The zero-order chi connectivity index (χ0) is 15.8. The molecule has 2 N–H and O–H groups in total. The van der Waals surface area contributed by atoms with E-state index in [-0.39, 0.29) is 30.0 Å². The topological polar surface area (TPSA) is 62.7 Å². The fraction of sp³-hybridized carbons (Fsp3) is 0.471. The van der Waals surface area contributed by atoms with Crippen LogP contribution in [0, 0.1) is 6.92 Å². The van der Waals surface area contributed by atoms with Gasteiger partial charge in [-0.05, 0) is 44.5 Å². The lowest BCUT2D eigenvalue weighted by Crippen LogP contribution is -2.39. The van der Waals surface area contributed by atoms with Crippen LogP contribution in [-0.4, -0.2) is 19.0 Å². The molecule has 2 rings (SSSR count). The van der Waals surface area contributed by atoms with E-state index in [0.29, 0.717) is 0 Å². The van der Waals surface area contributed by atoms with E-state index < -0.39 is 0 Å². The highest BCUT2D eigenvalue weighted by Crippen LogP contribution is 2.15. The second-order valence-corrected chi connectivity index (χ2v) is 5.30. The molecule has 5 nitrogen and oxygen atoms in total. The Hall–Kier alpha value is -1.44. The first-order valence-electron chi connectivity index (χ1n) is 7.82. The number of aliphatic imine (C=N–C) groups is 1. The molecule has 0 saturated carbocycles. The average Bonchev–Trinajstić information content (AvgIpc) is 3.16. The van der Waals surface area contributed by atoms with Crippen LogP contribution < -0.4 is 10.6 Å². The molecule has 2 aromatic rings. The molecule has 0 bridgehead atoms. The fourth-order valence-electron chi connectivity index (χ4n) is 2.10. The molecule has 0 saturated heterocycles. The van der Waals surface area contributed by atoms with E-state index in [4.69, 9.17) is 8.83 Å². The van der Waals surface area contributed by atoms with Crippen molar-refractivity contribution < 1.29 is 8.83 Å². The van der Waals surface area contributed by atoms with E-state index in [1.807, 2.05) is 31.2 Å². The Morgan fingerprint density at radius 2 is 2.13 bits per heavy atom. The smallest absolute Gasteiger partial charge is 0.191 e. The fourth-order valence-corrected chi connectivity index (χ4v) is 2.10. The van der Waals surface area contributed by atoms with Crippen molar-refractivity contribution in [3.63, 3.8) is 0 Å². The summed E-state index contributed by atoms with van der Waals surface area (Å²) >= 11 is 0. The van der Waals surface area contributed by atoms with Crippen molar-refractivity contribution in [1.82, 2.24) is 10.6 Å². The molecular formula is C17H26IN3O2. The second-order valence-electron chi connectivity index (χ2n) is 5.30.